The van der Waals surface area contributed by atoms with Crippen LogP contribution in [0.3, 0.4) is 0 Å². The quantitative estimate of drug-likeness (QED) is 0.438. The average Bonchev–Trinajstić information content (AvgIpc) is 3.14. The average molecular weight is 404 g/mol. The molecule has 0 atom stereocenters. The van der Waals surface area contributed by atoms with Crippen molar-refractivity contribution in [2.75, 3.05) is 4.90 Å². The largest absolute Gasteiger partial charge is 0.360 e. The number of rotatable bonds is 5. The molecule has 2 aromatic heterocycles. The molecule has 0 aliphatic carbocycles. The lowest BCUT2D eigenvalue weighted by molar-refractivity contribution is 0.0983. The molecule has 0 saturated carbocycles. The van der Waals surface area contributed by atoms with E-state index in [1.165, 1.54) is 0 Å². The molecule has 5 nitrogen and oxygen atoms in total. The Morgan fingerprint density at radius 1 is 1.00 bits per heavy atom. The molecular weight excluding hydrogens is 386 g/mol. The Labute approximate surface area is 173 Å². The summed E-state index contributed by atoms with van der Waals surface area (Å²) in [4.78, 5) is 19.7. The number of hydrogen-bond acceptors (Lipinski definition) is 4. The molecule has 6 heteroatoms. The summed E-state index contributed by atoms with van der Waals surface area (Å²) < 4.78 is 5.39. The van der Waals surface area contributed by atoms with Crippen LogP contribution in [-0.4, -0.2) is 16.0 Å². The lowest BCUT2D eigenvalue weighted by atomic mass is 10.0. The monoisotopic (exact) mass is 403 g/mol. The minimum absolute atomic E-state index is 0.249. The third kappa shape index (κ3) is 3.91. The van der Waals surface area contributed by atoms with Crippen molar-refractivity contribution in [2.45, 2.75) is 13.5 Å². The number of anilines is 1. The highest BCUT2D eigenvalue weighted by atomic mass is 35.5. The van der Waals surface area contributed by atoms with Gasteiger partial charge in [0.15, 0.2) is 0 Å². The van der Waals surface area contributed by atoms with Crippen LogP contribution >= 0.6 is 11.6 Å². The lowest BCUT2D eigenvalue weighted by Gasteiger charge is -2.22. The summed E-state index contributed by atoms with van der Waals surface area (Å²) in [7, 11) is 0. The van der Waals surface area contributed by atoms with E-state index in [1.54, 1.807) is 30.2 Å². The summed E-state index contributed by atoms with van der Waals surface area (Å²) >= 11 is 6.35. The number of amides is 1. The fourth-order valence-corrected chi connectivity index (χ4v) is 3.36. The van der Waals surface area contributed by atoms with Gasteiger partial charge in [0.05, 0.1) is 11.6 Å². The first-order chi connectivity index (χ1) is 14.1. The van der Waals surface area contributed by atoms with Crippen LogP contribution in [0.15, 0.2) is 83.5 Å². The molecule has 0 unspecified atom stereocenters. The summed E-state index contributed by atoms with van der Waals surface area (Å²) in [5.41, 5.74) is 2.43. The highest BCUT2D eigenvalue weighted by molar-refractivity contribution is 6.33. The van der Waals surface area contributed by atoms with E-state index in [1.807, 2.05) is 60.7 Å². The third-order valence-electron chi connectivity index (χ3n) is 4.56. The third-order valence-corrected chi connectivity index (χ3v) is 4.89. The smallest absolute Gasteiger partial charge is 0.265 e. The maximum Gasteiger partial charge on any atom is 0.265 e. The standard InChI is InChI=1S/C23H18ClN3O2/c1-16-21(22(26-29-16)18-11-5-6-12-19(18)24)23(28)27(20-13-7-8-14-25-20)15-17-9-3-2-4-10-17/h2-14H,15H2,1H3. The zero-order chi connectivity index (χ0) is 20.2. The Morgan fingerprint density at radius 3 is 2.45 bits per heavy atom. The second-order valence-corrected chi connectivity index (χ2v) is 6.91. The second kappa shape index (κ2) is 8.29. The van der Waals surface area contributed by atoms with Gasteiger partial charge in [0.1, 0.15) is 22.8 Å². The fraction of sp³-hybridized carbons (Fsp3) is 0.0870. The van der Waals surface area contributed by atoms with Gasteiger partial charge >= 0.3 is 0 Å². The molecule has 144 valence electrons. The van der Waals surface area contributed by atoms with Crippen LogP contribution < -0.4 is 4.90 Å². The van der Waals surface area contributed by atoms with Gasteiger partial charge in [0.25, 0.3) is 5.91 Å². The molecule has 29 heavy (non-hydrogen) atoms. The maximum absolute atomic E-state index is 13.7. The molecule has 0 aliphatic rings. The molecule has 2 aromatic carbocycles. The molecule has 0 bridgehead atoms. The van der Waals surface area contributed by atoms with E-state index in [9.17, 15) is 4.79 Å². The number of carbonyl (C=O) groups is 1. The zero-order valence-corrected chi connectivity index (χ0v) is 16.5. The van der Waals surface area contributed by atoms with Crippen LogP contribution in [0.2, 0.25) is 5.02 Å². The first-order valence-corrected chi connectivity index (χ1v) is 9.51. The van der Waals surface area contributed by atoms with Crippen LogP contribution in [0.25, 0.3) is 11.3 Å². The van der Waals surface area contributed by atoms with Crippen molar-refractivity contribution in [3.63, 3.8) is 0 Å². The number of carbonyl (C=O) groups excluding carboxylic acids is 1. The Kier molecular flexibility index (Phi) is 5.40. The van der Waals surface area contributed by atoms with Crippen molar-refractivity contribution in [1.29, 1.82) is 0 Å². The number of benzene rings is 2. The van der Waals surface area contributed by atoms with E-state index < -0.39 is 0 Å². The molecule has 0 saturated heterocycles. The van der Waals surface area contributed by atoms with Crippen molar-refractivity contribution in [3.8, 4) is 11.3 Å². The Bertz CT molecular complexity index is 1130. The summed E-state index contributed by atoms with van der Waals surface area (Å²) in [6.07, 6.45) is 1.66. The zero-order valence-electron chi connectivity index (χ0n) is 15.7. The SMILES string of the molecule is Cc1onc(-c2ccccc2Cl)c1C(=O)N(Cc1ccccc1)c1ccccn1. The van der Waals surface area contributed by atoms with E-state index in [-0.39, 0.29) is 5.91 Å². The van der Waals surface area contributed by atoms with Gasteiger partial charge in [-0.2, -0.15) is 0 Å². The van der Waals surface area contributed by atoms with Crippen LogP contribution in [0, 0.1) is 6.92 Å². The number of hydrogen-bond donors (Lipinski definition) is 0. The first-order valence-electron chi connectivity index (χ1n) is 9.13. The predicted molar refractivity (Wildman–Crippen MR) is 113 cm³/mol. The highest BCUT2D eigenvalue weighted by Gasteiger charge is 2.28. The fourth-order valence-electron chi connectivity index (χ4n) is 3.13. The molecule has 0 aliphatic heterocycles. The van der Waals surface area contributed by atoms with Gasteiger partial charge in [-0.05, 0) is 30.7 Å². The Morgan fingerprint density at radius 2 is 1.72 bits per heavy atom. The van der Waals surface area contributed by atoms with Crippen molar-refractivity contribution in [3.05, 3.63) is 101 Å². The minimum atomic E-state index is -0.249. The molecule has 1 amide bonds. The van der Waals surface area contributed by atoms with Gasteiger partial charge in [-0.1, -0.05) is 71.4 Å². The number of aromatic nitrogens is 2. The van der Waals surface area contributed by atoms with Crippen molar-refractivity contribution >= 4 is 23.3 Å². The summed E-state index contributed by atoms with van der Waals surface area (Å²) in [5.74, 6) is 0.729. The molecular formula is C23H18ClN3O2. The number of aryl methyl sites for hydroxylation is 1. The molecule has 2 heterocycles. The minimum Gasteiger partial charge on any atom is -0.360 e. The predicted octanol–water partition coefficient (Wildman–Crippen LogP) is 5.55. The Hall–Kier alpha value is -3.44. The normalized spacial score (nSPS) is 10.7. The van der Waals surface area contributed by atoms with Gasteiger partial charge in [-0.15, -0.1) is 0 Å². The lowest BCUT2D eigenvalue weighted by Crippen LogP contribution is -2.31. The first kappa shape index (κ1) is 18.9. The number of pyridine rings is 1. The summed E-state index contributed by atoms with van der Waals surface area (Å²) in [6, 6.07) is 22.5. The Balaban J connectivity index is 1.80. The van der Waals surface area contributed by atoms with Crippen molar-refractivity contribution < 1.29 is 9.32 Å². The van der Waals surface area contributed by atoms with Gasteiger partial charge in [-0.25, -0.2) is 4.98 Å². The number of halogens is 1. The van der Waals surface area contributed by atoms with Gasteiger partial charge in [0, 0.05) is 11.8 Å². The second-order valence-electron chi connectivity index (χ2n) is 6.51. The molecule has 0 radical (unpaired) electrons. The van der Waals surface area contributed by atoms with Crippen molar-refractivity contribution in [1.82, 2.24) is 10.1 Å². The van der Waals surface area contributed by atoms with E-state index in [0.29, 0.717) is 40.0 Å². The van der Waals surface area contributed by atoms with Gasteiger partial charge in [-0.3, -0.25) is 9.69 Å². The van der Waals surface area contributed by atoms with Gasteiger partial charge < -0.3 is 4.52 Å². The molecule has 4 rings (SSSR count). The number of nitrogens with zero attached hydrogens (tertiary/aromatic N) is 3. The van der Waals surface area contributed by atoms with Crippen molar-refractivity contribution in [2.24, 2.45) is 0 Å². The summed E-state index contributed by atoms with van der Waals surface area (Å²) in [5, 5.41) is 4.63. The van der Waals surface area contributed by atoms with Crippen LogP contribution in [0.4, 0.5) is 5.82 Å². The molecule has 0 N–H and O–H groups in total. The summed E-state index contributed by atoms with van der Waals surface area (Å²) in [6.45, 7) is 2.09. The van der Waals surface area contributed by atoms with Crippen LogP contribution in [0.5, 0.6) is 0 Å². The molecule has 4 aromatic rings. The highest BCUT2D eigenvalue weighted by Crippen LogP contribution is 2.32. The van der Waals surface area contributed by atoms with Crippen LogP contribution in [0.1, 0.15) is 21.7 Å². The topological polar surface area (TPSA) is 59.2 Å². The molecule has 0 fully saturated rings. The maximum atomic E-state index is 13.7. The van der Waals surface area contributed by atoms with E-state index >= 15 is 0 Å². The van der Waals surface area contributed by atoms with Gasteiger partial charge in [0.2, 0.25) is 0 Å². The van der Waals surface area contributed by atoms with E-state index in [2.05, 4.69) is 10.1 Å². The molecule has 0 spiro atoms. The van der Waals surface area contributed by atoms with E-state index in [4.69, 9.17) is 16.1 Å². The van der Waals surface area contributed by atoms with Crippen LogP contribution in [-0.2, 0) is 6.54 Å². The van der Waals surface area contributed by atoms with E-state index in [0.717, 1.165) is 5.56 Å².